The quantitative estimate of drug-likeness (QED) is 0.908. The Bertz CT molecular complexity index is 428. The Morgan fingerprint density at radius 3 is 2.68 bits per heavy atom. The normalized spacial score (nSPS) is 26.8. The summed E-state index contributed by atoms with van der Waals surface area (Å²) < 4.78 is 11.2. The monoisotopic (exact) mass is 266 g/mol. The van der Waals surface area contributed by atoms with E-state index in [-0.39, 0.29) is 11.1 Å². The van der Waals surface area contributed by atoms with E-state index in [0.717, 1.165) is 31.8 Å². The molecular weight excluding hydrogens is 240 g/mol. The average Bonchev–Trinajstić information content (AvgIpc) is 2.73. The molecule has 1 fully saturated rings. The second-order valence-electron chi connectivity index (χ2n) is 6.32. The number of nitrogens with zero attached hydrogens (tertiary/aromatic N) is 1. The Balaban J connectivity index is 2.14. The summed E-state index contributed by atoms with van der Waals surface area (Å²) in [4.78, 5) is 2.37. The van der Waals surface area contributed by atoms with E-state index in [2.05, 4.69) is 25.8 Å². The molecule has 4 heteroatoms. The van der Waals surface area contributed by atoms with Crippen LogP contribution in [0.2, 0.25) is 0 Å². The topological polar surface area (TPSA) is 51.6 Å². The van der Waals surface area contributed by atoms with E-state index in [9.17, 15) is 0 Å². The molecule has 0 radical (unpaired) electrons. The van der Waals surface area contributed by atoms with Gasteiger partial charge in [-0.05, 0) is 46.7 Å². The Kier molecular flexibility index (Phi) is 4.04. The van der Waals surface area contributed by atoms with Gasteiger partial charge in [-0.15, -0.1) is 0 Å². The van der Waals surface area contributed by atoms with Gasteiger partial charge in [0, 0.05) is 30.8 Å². The molecule has 0 aromatic carbocycles. The maximum absolute atomic E-state index is 6.11. The number of aryl methyl sites for hydroxylation is 1. The first-order valence-electron chi connectivity index (χ1n) is 6.97. The molecule has 1 unspecified atom stereocenters. The molecule has 1 aromatic heterocycles. The van der Waals surface area contributed by atoms with Crippen molar-refractivity contribution in [2.75, 3.05) is 20.2 Å². The van der Waals surface area contributed by atoms with E-state index in [0.29, 0.717) is 6.54 Å². The van der Waals surface area contributed by atoms with Crippen molar-refractivity contribution in [1.29, 1.82) is 0 Å². The van der Waals surface area contributed by atoms with Crippen LogP contribution in [0.4, 0.5) is 0 Å². The van der Waals surface area contributed by atoms with Crippen LogP contribution in [0.15, 0.2) is 16.7 Å². The Morgan fingerprint density at radius 1 is 1.42 bits per heavy atom. The fraction of sp³-hybridized carbons (Fsp3) is 0.733. The first kappa shape index (κ1) is 14.6. The number of hydrogen-bond donors (Lipinski definition) is 1. The minimum absolute atomic E-state index is 0.0193. The molecule has 108 valence electrons. The lowest BCUT2D eigenvalue weighted by molar-refractivity contribution is -0.115. The van der Waals surface area contributed by atoms with E-state index in [1.807, 2.05) is 13.0 Å². The van der Waals surface area contributed by atoms with Crippen LogP contribution in [-0.4, -0.2) is 36.2 Å². The molecule has 1 atom stereocenters. The molecule has 1 aliphatic rings. The molecule has 0 amide bonds. The number of furan rings is 1. The lowest BCUT2D eigenvalue weighted by Gasteiger charge is -2.49. The van der Waals surface area contributed by atoms with Crippen molar-refractivity contribution < 1.29 is 9.15 Å². The molecule has 2 heterocycles. The summed E-state index contributed by atoms with van der Waals surface area (Å²) >= 11 is 0. The van der Waals surface area contributed by atoms with Crippen molar-refractivity contribution in [2.24, 2.45) is 5.73 Å². The van der Waals surface area contributed by atoms with Gasteiger partial charge in [-0.2, -0.15) is 0 Å². The van der Waals surface area contributed by atoms with Crippen LogP contribution >= 0.6 is 0 Å². The first-order valence-corrected chi connectivity index (χ1v) is 6.97. The maximum atomic E-state index is 6.11. The average molecular weight is 266 g/mol. The molecule has 1 aliphatic heterocycles. The number of ether oxygens (including phenoxy) is 1. The van der Waals surface area contributed by atoms with Crippen LogP contribution in [0, 0.1) is 6.92 Å². The predicted octanol–water partition coefficient (Wildman–Crippen LogP) is 2.31. The molecule has 0 aliphatic carbocycles. The number of hydrogen-bond acceptors (Lipinski definition) is 4. The minimum atomic E-state index is -0.0999. The van der Waals surface area contributed by atoms with Gasteiger partial charge in [0.15, 0.2) is 0 Å². The highest BCUT2D eigenvalue weighted by Gasteiger charge is 2.42. The molecule has 2 N–H and O–H groups in total. The van der Waals surface area contributed by atoms with Gasteiger partial charge < -0.3 is 14.9 Å². The van der Waals surface area contributed by atoms with Crippen molar-refractivity contribution >= 4 is 0 Å². The summed E-state index contributed by atoms with van der Waals surface area (Å²) in [5, 5.41) is 0. The SMILES string of the molecule is Cc1occc1CN(C)C1(CN)CCOC(C)(C)C1. The highest BCUT2D eigenvalue weighted by atomic mass is 16.5. The maximum Gasteiger partial charge on any atom is 0.105 e. The largest absolute Gasteiger partial charge is 0.469 e. The summed E-state index contributed by atoms with van der Waals surface area (Å²) in [6, 6.07) is 2.04. The molecule has 0 saturated carbocycles. The summed E-state index contributed by atoms with van der Waals surface area (Å²) in [5.74, 6) is 0.991. The lowest BCUT2D eigenvalue weighted by Crippen LogP contribution is -2.59. The second-order valence-corrected chi connectivity index (χ2v) is 6.32. The van der Waals surface area contributed by atoms with Crippen molar-refractivity contribution in [3.05, 3.63) is 23.7 Å². The summed E-state index contributed by atoms with van der Waals surface area (Å²) in [6.07, 6.45) is 3.70. The Morgan fingerprint density at radius 2 is 2.16 bits per heavy atom. The van der Waals surface area contributed by atoms with Crippen molar-refractivity contribution in [3.8, 4) is 0 Å². The summed E-state index contributed by atoms with van der Waals surface area (Å²) in [5.41, 5.74) is 7.26. The van der Waals surface area contributed by atoms with Gasteiger partial charge in [-0.25, -0.2) is 0 Å². The van der Waals surface area contributed by atoms with Gasteiger partial charge in [0.25, 0.3) is 0 Å². The fourth-order valence-corrected chi connectivity index (χ4v) is 3.10. The van der Waals surface area contributed by atoms with Gasteiger partial charge in [0.05, 0.1) is 11.9 Å². The molecule has 1 aromatic rings. The van der Waals surface area contributed by atoms with Crippen molar-refractivity contribution in [3.63, 3.8) is 0 Å². The zero-order valence-electron chi connectivity index (χ0n) is 12.5. The molecular formula is C15H26N2O2. The third-order valence-electron chi connectivity index (χ3n) is 4.38. The smallest absolute Gasteiger partial charge is 0.105 e. The number of nitrogens with two attached hydrogens (primary N) is 1. The van der Waals surface area contributed by atoms with Crippen LogP contribution in [0.5, 0.6) is 0 Å². The highest BCUT2D eigenvalue weighted by molar-refractivity contribution is 5.16. The first-order chi connectivity index (χ1) is 8.88. The van der Waals surface area contributed by atoms with Crippen LogP contribution in [-0.2, 0) is 11.3 Å². The number of rotatable bonds is 4. The van der Waals surface area contributed by atoms with Crippen molar-refractivity contribution in [2.45, 2.75) is 51.3 Å². The van der Waals surface area contributed by atoms with E-state index >= 15 is 0 Å². The minimum Gasteiger partial charge on any atom is -0.469 e. The van der Waals surface area contributed by atoms with E-state index in [1.165, 1.54) is 5.56 Å². The number of likely N-dealkylation sites (N-methyl/N-ethyl adjacent to an activating group) is 1. The molecule has 1 saturated heterocycles. The van der Waals surface area contributed by atoms with Crippen LogP contribution in [0.1, 0.15) is 38.0 Å². The van der Waals surface area contributed by atoms with Gasteiger partial charge in [0.2, 0.25) is 0 Å². The zero-order chi connectivity index (χ0) is 14.1. The van der Waals surface area contributed by atoms with Crippen LogP contribution in [0.25, 0.3) is 0 Å². The molecule has 19 heavy (non-hydrogen) atoms. The van der Waals surface area contributed by atoms with E-state index < -0.39 is 0 Å². The van der Waals surface area contributed by atoms with Crippen LogP contribution < -0.4 is 5.73 Å². The third kappa shape index (κ3) is 3.02. The molecule has 0 spiro atoms. The highest BCUT2D eigenvalue weighted by Crippen LogP contribution is 2.36. The van der Waals surface area contributed by atoms with Crippen LogP contribution in [0.3, 0.4) is 0 Å². The third-order valence-corrected chi connectivity index (χ3v) is 4.38. The summed E-state index contributed by atoms with van der Waals surface area (Å²) in [6.45, 7) is 8.61. The Hall–Kier alpha value is -0.840. The van der Waals surface area contributed by atoms with E-state index in [4.69, 9.17) is 14.9 Å². The van der Waals surface area contributed by atoms with Gasteiger partial charge in [0.1, 0.15) is 5.76 Å². The van der Waals surface area contributed by atoms with Gasteiger partial charge in [-0.3, -0.25) is 4.90 Å². The zero-order valence-corrected chi connectivity index (χ0v) is 12.5. The second kappa shape index (κ2) is 5.27. The predicted molar refractivity (Wildman–Crippen MR) is 76.0 cm³/mol. The standard InChI is InChI=1S/C15H26N2O2/c1-12-13(5-7-18-12)9-17(4)15(11-16)6-8-19-14(2,3)10-15/h5,7H,6,8-11,16H2,1-4H3. The summed E-state index contributed by atoms with van der Waals surface area (Å²) in [7, 11) is 2.15. The lowest BCUT2D eigenvalue weighted by atomic mass is 9.80. The molecule has 2 rings (SSSR count). The molecule has 0 bridgehead atoms. The van der Waals surface area contributed by atoms with E-state index in [1.54, 1.807) is 6.26 Å². The van der Waals surface area contributed by atoms with Gasteiger partial charge in [-0.1, -0.05) is 0 Å². The van der Waals surface area contributed by atoms with Gasteiger partial charge >= 0.3 is 0 Å². The van der Waals surface area contributed by atoms with Crippen molar-refractivity contribution in [1.82, 2.24) is 4.90 Å². The Labute approximate surface area is 115 Å². The fourth-order valence-electron chi connectivity index (χ4n) is 3.10. The molecule has 4 nitrogen and oxygen atoms in total.